The van der Waals surface area contributed by atoms with Gasteiger partial charge in [0.05, 0.1) is 6.67 Å². The molecule has 0 amide bonds. The number of benzene rings is 1. The second-order valence-corrected chi connectivity index (χ2v) is 2.73. The van der Waals surface area contributed by atoms with Gasteiger partial charge < -0.3 is 10.6 Å². The first kappa shape index (κ1) is 7.31. The maximum Gasteiger partial charge on any atom is 0.111 e. The van der Waals surface area contributed by atoms with Gasteiger partial charge in [0.25, 0.3) is 0 Å². The summed E-state index contributed by atoms with van der Waals surface area (Å²) in [6.45, 7) is 1.20. The smallest absolute Gasteiger partial charge is 0.111 e. The summed E-state index contributed by atoms with van der Waals surface area (Å²) < 4.78 is 0. The lowest BCUT2D eigenvalue weighted by atomic mass is 10.1. The molecule has 0 radical (unpaired) electrons. The molecule has 0 fully saturated rings. The third-order valence-electron chi connectivity index (χ3n) is 1.98. The van der Waals surface area contributed by atoms with E-state index in [1.165, 1.54) is 5.69 Å². The zero-order valence-corrected chi connectivity index (χ0v) is 6.77. The summed E-state index contributed by atoms with van der Waals surface area (Å²) in [4.78, 5) is 6.23. The van der Waals surface area contributed by atoms with Gasteiger partial charge in [0.1, 0.15) is 6.67 Å². The molecule has 0 spiro atoms. The zero-order valence-electron chi connectivity index (χ0n) is 6.77. The topological polar surface area (TPSA) is 41.6 Å². The van der Waals surface area contributed by atoms with Crippen LogP contribution in [0.1, 0.15) is 5.56 Å². The molecule has 62 valence electrons. The Kier molecular flexibility index (Phi) is 1.80. The van der Waals surface area contributed by atoms with E-state index in [0.717, 1.165) is 5.56 Å². The average Bonchev–Trinajstić information content (AvgIpc) is 2.17. The average molecular weight is 161 g/mol. The molecule has 0 bridgehead atoms. The van der Waals surface area contributed by atoms with Crippen LogP contribution < -0.4 is 10.6 Å². The third-order valence-corrected chi connectivity index (χ3v) is 1.98. The maximum atomic E-state index is 5.57. The first-order valence-corrected chi connectivity index (χ1v) is 3.95. The van der Waals surface area contributed by atoms with Gasteiger partial charge in [0, 0.05) is 17.5 Å². The Hall–Kier alpha value is -1.35. The van der Waals surface area contributed by atoms with E-state index < -0.39 is 0 Å². The van der Waals surface area contributed by atoms with Crippen molar-refractivity contribution < 1.29 is 0 Å². The number of aliphatic imine (C=N–C) groups is 1. The van der Waals surface area contributed by atoms with Crippen LogP contribution in [0.15, 0.2) is 29.3 Å². The highest BCUT2D eigenvalue weighted by Crippen LogP contribution is 2.20. The van der Waals surface area contributed by atoms with Crippen LogP contribution >= 0.6 is 0 Å². The first-order chi connectivity index (χ1) is 5.92. The Bertz CT molecular complexity index is 306. The van der Waals surface area contributed by atoms with Gasteiger partial charge in [-0.2, -0.15) is 0 Å². The molecule has 1 aromatic carbocycles. The van der Waals surface area contributed by atoms with Crippen LogP contribution in [-0.2, 0) is 0 Å². The highest BCUT2D eigenvalue weighted by atomic mass is 15.2. The molecule has 3 heteroatoms. The van der Waals surface area contributed by atoms with Gasteiger partial charge in [0.15, 0.2) is 0 Å². The lowest BCUT2D eigenvalue weighted by Gasteiger charge is -2.25. The van der Waals surface area contributed by atoms with E-state index >= 15 is 0 Å². The van der Waals surface area contributed by atoms with E-state index in [-0.39, 0.29) is 0 Å². The van der Waals surface area contributed by atoms with Crippen LogP contribution in [-0.4, -0.2) is 19.6 Å². The standard InChI is InChI=1S/C9H11N3/c10-6-12-7-11-5-8-3-1-2-4-9(8)12/h1-5H,6-7,10H2. The van der Waals surface area contributed by atoms with Crippen molar-refractivity contribution in [2.75, 3.05) is 18.2 Å². The quantitative estimate of drug-likeness (QED) is 0.662. The lowest BCUT2D eigenvalue weighted by molar-refractivity contribution is 0.817. The van der Waals surface area contributed by atoms with Crippen LogP contribution in [0.3, 0.4) is 0 Å². The lowest BCUT2D eigenvalue weighted by Crippen LogP contribution is -2.32. The van der Waals surface area contributed by atoms with Crippen molar-refractivity contribution in [3.05, 3.63) is 29.8 Å². The minimum absolute atomic E-state index is 0.522. The van der Waals surface area contributed by atoms with E-state index in [1.807, 2.05) is 29.3 Å². The molecule has 0 unspecified atom stereocenters. The second-order valence-electron chi connectivity index (χ2n) is 2.73. The summed E-state index contributed by atoms with van der Waals surface area (Å²) in [7, 11) is 0. The minimum atomic E-state index is 0.522. The monoisotopic (exact) mass is 161 g/mol. The molecule has 2 rings (SSSR count). The molecule has 12 heavy (non-hydrogen) atoms. The molecule has 0 atom stereocenters. The van der Waals surface area contributed by atoms with Crippen molar-refractivity contribution in [1.29, 1.82) is 0 Å². The molecule has 2 N–H and O–H groups in total. The van der Waals surface area contributed by atoms with Crippen LogP contribution in [0.2, 0.25) is 0 Å². The summed E-state index contributed by atoms with van der Waals surface area (Å²) in [6.07, 6.45) is 1.89. The summed E-state index contributed by atoms with van der Waals surface area (Å²) in [5.74, 6) is 0. The second kappa shape index (κ2) is 2.95. The Morgan fingerprint density at radius 2 is 2.25 bits per heavy atom. The van der Waals surface area contributed by atoms with E-state index in [9.17, 15) is 0 Å². The Morgan fingerprint density at radius 3 is 3.08 bits per heavy atom. The van der Waals surface area contributed by atoms with Gasteiger partial charge in [-0.15, -0.1) is 0 Å². The van der Waals surface area contributed by atoms with Crippen LogP contribution in [0, 0.1) is 0 Å². The number of nitrogens with two attached hydrogens (primary N) is 1. The molecule has 0 saturated heterocycles. The van der Waals surface area contributed by atoms with Gasteiger partial charge in [0.2, 0.25) is 0 Å². The summed E-state index contributed by atoms with van der Waals surface area (Å²) in [6, 6.07) is 8.12. The van der Waals surface area contributed by atoms with Gasteiger partial charge >= 0.3 is 0 Å². The molecule has 1 aromatic rings. The van der Waals surface area contributed by atoms with Crippen molar-refractivity contribution >= 4 is 11.9 Å². The number of anilines is 1. The van der Waals surface area contributed by atoms with Crippen molar-refractivity contribution in [1.82, 2.24) is 0 Å². The number of para-hydroxylation sites is 1. The fourth-order valence-electron chi connectivity index (χ4n) is 1.35. The number of rotatable bonds is 1. The number of nitrogens with zero attached hydrogens (tertiary/aromatic N) is 2. The van der Waals surface area contributed by atoms with Gasteiger partial charge in [-0.1, -0.05) is 18.2 Å². The van der Waals surface area contributed by atoms with E-state index in [2.05, 4.69) is 11.1 Å². The Balaban J connectivity index is 2.45. The molecule has 1 aliphatic rings. The van der Waals surface area contributed by atoms with Crippen molar-refractivity contribution in [3.8, 4) is 0 Å². The normalized spacial score (nSPS) is 14.6. The number of fused-ring (bicyclic) bond motifs is 1. The number of hydrogen-bond donors (Lipinski definition) is 1. The number of hydrogen-bond acceptors (Lipinski definition) is 3. The fraction of sp³-hybridized carbons (Fsp3) is 0.222. The highest BCUT2D eigenvalue weighted by molar-refractivity contribution is 5.89. The predicted molar refractivity (Wildman–Crippen MR) is 50.4 cm³/mol. The fourth-order valence-corrected chi connectivity index (χ4v) is 1.35. The molecule has 1 aliphatic heterocycles. The summed E-state index contributed by atoms with van der Waals surface area (Å²) >= 11 is 0. The SMILES string of the molecule is NCN1CN=Cc2ccccc21. The minimum Gasteiger partial charge on any atom is -0.339 e. The summed E-state index contributed by atoms with van der Waals surface area (Å²) in [5, 5.41) is 0. The molecular formula is C9H11N3. The van der Waals surface area contributed by atoms with E-state index in [4.69, 9.17) is 5.73 Å². The first-order valence-electron chi connectivity index (χ1n) is 3.95. The van der Waals surface area contributed by atoms with Crippen LogP contribution in [0.4, 0.5) is 5.69 Å². The van der Waals surface area contributed by atoms with Crippen molar-refractivity contribution in [3.63, 3.8) is 0 Å². The maximum absolute atomic E-state index is 5.57. The zero-order chi connectivity index (χ0) is 8.39. The molecule has 3 nitrogen and oxygen atoms in total. The van der Waals surface area contributed by atoms with Crippen LogP contribution in [0.25, 0.3) is 0 Å². The highest BCUT2D eigenvalue weighted by Gasteiger charge is 2.10. The molecule has 0 aliphatic carbocycles. The predicted octanol–water partition coefficient (Wildman–Crippen LogP) is 0.799. The van der Waals surface area contributed by atoms with Gasteiger partial charge in [-0.05, 0) is 6.07 Å². The van der Waals surface area contributed by atoms with Gasteiger partial charge in [-0.3, -0.25) is 4.99 Å². The van der Waals surface area contributed by atoms with Gasteiger partial charge in [-0.25, -0.2) is 0 Å². The Morgan fingerprint density at radius 1 is 1.42 bits per heavy atom. The summed E-state index contributed by atoms with van der Waals surface area (Å²) in [5.41, 5.74) is 7.89. The van der Waals surface area contributed by atoms with Crippen molar-refractivity contribution in [2.45, 2.75) is 0 Å². The third kappa shape index (κ3) is 1.08. The van der Waals surface area contributed by atoms with E-state index in [0.29, 0.717) is 13.3 Å². The van der Waals surface area contributed by atoms with Crippen LogP contribution in [0.5, 0.6) is 0 Å². The molecule has 1 heterocycles. The Labute approximate surface area is 71.5 Å². The molecule has 0 saturated carbocycles. The largest absolute Gasteiger partial charge is 0.339 e. The molecular weight excluding hydrogens is 150 g/mol. The molecule has 0 aromatic heterocycles. The van der Waals surface area contributed by atoms with Crippen molar-refractivity contribution in [2.24, 2.45) is 10.7 Å². The van der Waals surface area contributed by atoms with E-state index in [1.54, 1.807) is 0 Å².